The SMILES string of the molecule is CCCNC(=O)C1CC1c1ccc2c(c1)OCCO2. The van der Waals surface area contributed by atoms with Gasteiger partial charge in [-0.3, -0.25) is 4.79 Å². The predicted molar refractivity (Wildman–Crippen MR) is 71.6 cm³/mol. The first kappa shape index (κ1) is 12.3. The highest BCUT2D eigenvalue weighted by atomic mass is 16.6. The topological polar surface area (TPSA) is 47.6 Å². The maximum absolute atomic E-state index is 11.9. The van der Waals surface area contributed by atoms with Crippen LogP contribution in [0.5, 0.6) is 11.5 Å². The summed E-state index contributed by atoms with van der Waals surface area (Å²) in [6, 6.07) is 6.01. The van der Waals surface area contributed by atoms with Crippen LogP contribution in [0.4, 0.5) is 0 Å². The number of benzene rings is 1. The Kier molecular flexibility index (Phi) is 3.32. The lowest BCUT2D eigenvalue weighted by Gasteiger charge is -2.18. The molecule has 0 spiro atoms. The van der Waals surface area contributed by atoms with Crippen LogP contribution in [0.15, 0.2) is 18.2 Å². The third-order valence-corrected chi connectivity index (χ3v) is 3.67. The molecule has 0 bridgehead atoms. The fourth-order valence-electron chi connectivity index (χ4n) is 2.52. The molecule has 1 aromatic rings. The molecule has 0 radical (unpaired) electrons. The number of ether oxygens (including phenoxy) is 2. The number of nitrogens with one attached hydrogen (secondary N) is 1. The minimum Gasteiger partial charge on any atom is -0.486 e. The normalized spacial score (nSPS) is 23.8. The third-order valence-electron chi connectivity index (χ3n) is 3.67. The number of fused-ring (bicyclic) bond motifs is 1. The fraction of sp³-hybridized carbons (Fsp3) is 0.533. The van der Waals surface area contributed by atoms with Gasteiger partial charge in [-0.2, -0.15) is 0 Å². The van der Waals surface area contributed by atoms with Gasteiger partial charge < -0.3 is 14.8 Å². The van der Waals surface area contributed by atoms with E-state index in [1.807, 2.05) is 18.2 Å². The van der Waals surface area contributed by atoms with E-state index in [2.05, 4.69) is 12.2 Å². The van der Waals surface area contributed by atoms with Crippen molar-refractivity contribution in [1.82, 2.24) is 5.32 Å². The molecule has 1 fully saturated rings. The third kappa shape index (κ3) is 2.53. The quantitative estimate of drug-likeness (QED) is 0.902. The molecule has 1 aromatic carbocycles. The molecule has 4 heteroatoms. The predicted octanol–water partition coefficient (Wildman–Crippen LogP) is 2.09. The summed E-state index contributed by atoms with van der Waals surface area (Å²) in [5.41, 5.74) is 1.18. The van der Waals surface area contributed by atoms with Gasteiger partial charge in [-0.15, -0.1) is 0 Å². The molecule has 3 rings (SSSR count). The van der Waals surface area contributed by atoms with Crippen LogP contribution < -0.4 is 14.8 Å². The van der Waals surface area contributed by atoms with Crippen LogP contribution in [0.25, 0.3) is 0 Å². The fourth-order valence-corrected chi connectivity index (χ4v) is 2.52. The number of amides is 1. The van der Waals surface area contributed by atoms with Crippen molar-refractivity contribution in [3.8, 4) is 11.5 Å². The van der Waals surface area contributed by atoms with Crippen molar-refractivity contribution in [2.75, 3.05) is 19.8 Å². The second-order valence-electron chi connectivity index (χ2n) is 5.14. The molecule has 1 aliphatic carbocycles. The molecule has 4 nitrogen and oxygen atoms in total. The van der Waals surface area contributed by atoms with Gasteiger partial charge in [-0.05, 0) is 36.5 Å². The molecule has 1 aliphatic heterocycles. The standard InChI is InChI=1S/C15H19NO3/c1-2-5-16-15(17)12-9-11(12)10-3-4-13-14(8-10)19-7-6-18-13/h3-4,8,11-12H,2,5-7,9H2,1H3,(H,16,17). The van der Waals surface area contributed by atoms with Crippen molar-refractivity contribution in [2.45, 2.75) is 25.7 Å². The van der Waals surface area contributed by atoms with Crippen molar-refractivity contribution in [3.63, 3.8) is 0 Å². The van der Waals surface area contributed by atoms with E-state index in [0.29, 0.717) is 19.1 Å². The van der Waals surface area contributed by atoms with E-state index in [4.69, 9.17) is 9.47 Å². The lowest BCUT2D eigenvalue weighted by molar-refractivity contribution is -0.122. The average molecular weight is 261 g/mol. The van der Waals surface area contributed by atoms with E-state index in [9.17, 15) is 4.79 Å². The lowest BCUT2D eigenvalue weighted by atomic mass is 10.1. The molecule has 1 heterocycles. The van der Waals surface area contributed by atoms with Crippen molar-refractivity contribution in [3.05, 3.63) is 23.8 Å². The van der Waals surface area contributed by atoms with Crippen LogP contribution >= 0.6 is 0 Å². The van der Waals surface area contributed by atoms with Crippen LogP contribution in [-0.2, 0) is 4.79 Å². The number of hydrogen-bond acceptors (Lipinski definition) is 3. The molecule has 102 valence electrons. The van der Waals surface area contributed by atoms with Crippen molar-refractivity contribution < 1.29 is 14.3 Å². The maximum atomic E-state index is 11.9. The van der Waals surface area contributed by atoms with Crippen LogP contribution in [0, 0.1) is 5.92 Å². The summed E-state index contributed by atoms with van der Waals surface area (Å²) in [7, 11) is 0. The summed E-state index contributed by atoms with van der Waals surface area (Å²) in [6.07, 6.45) is 1.92. The Morgan fingerprint density at radius 1 is 1.32 bits per heavy atom. The van der Waals surface area contributed by atoms with Gasteiger partial charge in [0.05, 0.1) is 0 Å². The summed E-state index contributed by atoms with van der Waals surface area (Å²) in [4.78, 5) is 11.9. The van der Waals surface area contributed by atoms with Gasteiger partial charge in [0.25, 0.3) is 0 Å². The first-order valence-corrected chi connectivity index (χ1v) is 6.97. The zero-order chi connectivity index (χ0) is 13.2. The number of hydrogen-bond donors (Lipinski definition) is 1. The van der Waals surface area contributed by atoms with Gasteiger partial charge in [0.1, 0.15) is 13.2 Å². The molecule has 1 N–H and O–H groups in total. The Balaban J connectivity index is 1.66. The molecule has 1 amide bonds. The van der Waals surface area contributed by atoms with E-state index >= 15 is 0 Å². The Labute approximate surface area is 113 Å². The minimum atomic E-state index is 0.133. The summed E-state index contributed by atoms with van der Waals surface area (Å²) in [6.45, 7) is 4.04. The molecular weight excluding hydrogens is 242 g/mol. The summed E-state index contributed by atoms with van der Waals surface area (Å²) in [5, 5.41) is 2.96. The Morgan fingerprint density at radius 3 is 2.89 bits per heavy atom. The monoisotopic (exact) mass is 261 g/mol. The largest absolute Gasteiger partial charge is 0.486 e. The van der Waals surface area contributed by atoms with Crippen molar-refractivity contribution >= 4 is 5.91 Å². The average Bonchev–Trinajstić information content (AvgIpc) is 3.24. The summed E-state index contributed by atoms with van der Waals surface area (Å²) < 4.78 is 11.1. The highest BCUT2D eigenvalue weighted by molar-refractivity contribution is 5.82. The highest BCUT2D eigenvalue weighted by Gasteiger charge is 2.44. The Morgan fingerprint density at radius 2 is 2.11 bits per heavy atom. The molecule has 2 atom stereocenters. The van der Waals surface area contributed by atoms with Crippen LogP contribution in [-0.4, -0.2) is 25.7 Å². The smallest absolute Gasteiger partial charge is 0.223 e. The number of rotatable bonds is 4. The van der Waals surface area contributed by atoms with Gasteiger partial charge in [-0.25, -0.2) is 0 Å². The van der Waals surface area contributed by atoms with Crippen LogP contribution in [0.3, 0.4) is 0 Å². The first-order valence-electron chi connectivity index (χ1n) is 6.97. The van der Waals surface area contributed by atoms with Gasteiger partial charge in [-0.1, -0.05) is 13.0 Å². The number of carbonyl (C=O) groups excluding carboxylic acids is 1. The van der Waals surface area contributed by atoms with Crippen molar-refractivity contribution in [2.24, 2.45) is 5.92 Å². The van der Waals surface area contributed by atoms with Gasteiger partial charge in [0.15, 0.2) is 11.5 Å². The van der Waals surface area contributed by atoms with Gasteiger partial charge in [0.2, 0.25) is 5.91 Å². The first-order chi connectivity index (χ1) is 9.29. The highest BCUT2D eigenvalue weighted by Crippen LogP contribution is 2.49. The summed E-state index contributed by atoms with van der Waals surface area (Å²) >= 11 is 0. The molecule has 2 unspecified atom stereocenters. The van der Waals surface area contributed by atoms with Gasteiger partial charge in [0, 0.05) is 12.5 Å². The van der Waals surface area contributed by atoms with E-state index in [1.165, 1.54) is 5.56 Å². The van der Waals surface area contributed by atoms with E-state index < -0.39 is 0 Å². The van der Waals surface area contributed by atoms with Crippen LogP contribution in [0.2, 0.25) is 0 Å². The zero-order valence-corrected chi connectivity index (χ0v) is 11.1. The summed E-state index contributed by atoms with van der Waals surface area (Å²) in [5.74, 6) is 2.27. The van der Waals surface area contributed by atoms with Gasteiger partial charge >= 0.3 is 0 Å². The lowest BCUT2D eigenvalue weighted by Crippen LogP contribution is -2.25. The molecule has 0 saturated heterocycles. The van der Waals surface area contributed by atoms with E-state index in [0.717, 1.165) is 30.9 Å². The maximum Gasteiger partial charge on any atom is 0.223 e. The van der Waals surface area contributed by atoms with E-state index in [1.54, 1.807) is 0 Å². The second-order valence-corrected chi connectivity index (χ2v) is 5.14. The van der Waals surface area contributed by atoms with Crippen molar-refractivity contribution in [1.29, 1.82) is 0 Å². The molecule has 19 heavy (non-hydrogen) atoms. The molecule has 0 aromatic heterocycles. The Bertz CT molecular complexity index is 486. The van der Waals surface area contributed by atoms with Crippen LogP contribution in [0.1, 0.15) is 31.2 Å². The molecule has 2 aliphatic rings. The zero-order valence-electron chi connectivity index (χ0n) is 11.1. The minimum absolute atomic E-state index is 0.133. The number of carbonyl (C=O) groups is 1. The Hall–Kier alpha value is -1.71. The van der Waals surface area contributed by atoms with E-state index in [-0.39, 0.29) is 11.8 Å². The second kappa shape index (κ2) is 5.11. The molecular formula is C15H19NO3. The molecule has 1 saturated carbocycles.